The number of hydrogen-bond acceptors (Lipinski definition) is 4. The van der Waals surface area contributed by atoms with Crippen LogP contribution in [0, 0.1) is 0 Å². The molecular formula is C17H26N4O. The Balaban J connectivity index is 1.74. The molecule has 0 aliphatic carbocycles. The Morgan fingerprint density at radius 1 is 1.41 bits per heavy atom. The minimum atomic E-state index is 0.399. The Kier molecular flexibility index (Phi) is 4.62. The van der Waals surface area contributed by atoms with Gasteiger partial charge in [-0.3, -0.25) is 0 Å². The van der Waals surface area contributed by atoms with Gasteiger partial charge in [-0.2, -0.15) is 0 Å². The van der Waals surface area contributed by atoms with Crippen LogP contribution in [0.3, 0.4) is 0 Å². The van der Waals surface area contributed by atoms with E-state index in [0.717, 1.165) is 31.1 Å². The molecule has 120 valence electrons. The lowest BCUT2D eigenvalue weighted by Crippen LogP contribution is -2.35. The van der Waals surface area contributed by atoms with Gasteiger partial charge in [-0.1, -0.05) is 25.9 Å². The minimum Gasteiger partial charge on any atom is -0.359 e. The lowest BCUT2D eigenvalue weighted by Gasteiger charge is -2.31. The Morgan fingerprint density at radius 3 is 3.00 bits per heavy atom. The van der Waals surface area contributed by atoms with Gasteiger partial charge in [-0.15, -0.1) is 0 Å². The third-order valence-electron chi connectivity index (χ3n) is 4.56. The van der Waals surface area contributed by atoms with Gasteiger partial charge < -0.3 is 14.0 Å². The standard InChI is InChI=1S/C17H26N4O/c1-4-20-8-5-6-14(11-20)17-18-7-9-21(17)12-15-10-16(13(2)3)19-22-15/h7,9-10,13-14H,4-6,8,11-12H2,1-3H3/t14-/m0/s1. The number of piperidine rings is 1. The van der Waals surface area contributed by atoms with Crippen LogP contribution in [0.25, 0.3) is 0 Å². The zero-order chi connectivity index (χ0) is 15.5. The van der Waals surface area contributed by atoms with Gasteiger partial charge in [0.05, 0.1) is 12.2 Å². The summed E-state index contributed by atoms with van der Waals surface area (Å²) in [6.07, 6.45) is 6.43. The quantitative estimate of drug-likeness (QED) is 0.850. The number of imidazole rings is 1. The smallest absolute Gasteiger partial charge is 0.156 e. The highest BCUT2D eigenvalue weighted by Crippen LogP contribution is 2.26. The van der Waals surface area contributed by atoms with E-state index in [1.807, 2.05) is 6.20 Å². The average molecular weight is 302 g/mol. The maximum Gasteiger partial charge on any atom is 0.156 e. The molecule has 0 spiro atoms. The third-order valence-corrected chi connectivity index (χ3v) is 4.56. The summed E-state index contributed by atoms with van der Waals surface area (Å²) in [7, 11) is 0. The third kappa shape index (κ3) is 3.24. The van der Waals surface area contributed by atoms with Crippen LogP contribution in [0.5, 0.6) is 0 Å². The molecule has 1 atom stereocenters. The highest BCUT2D eigenvalue weighted by atomic mass is 16.5. The fourth-order valence-corrected chi connectivity index (χ4v) is 3.21. The minimum absolute atomic E-state index is 0.399. The predicted octanol–water partition coefficient (Wildman–Crippen LogP) is 3.24. The zero-order valence-electron chi connectivity index (χ0n) is 13.8. The first-order valence-corrected chi connectivity index (χ1v) is 8.36. The SMILES string of the molecule is CCN1CCC[C@H](c2nccn2Cc2cc(C(C)C)no2)C1. The first kappa shape index (κ1) is 15.3. The van der Waals surface area contributed by atoms with Crippen molar-refractivity contribution in [2.45, 2.75) is 52.0 Å². The van der Waals surface area contributed by atoms with E-state index in [-0.39, 0.29) is 0 Å². The normalized spacial score (nSPS) is 19.9. The molecule has 5 nitrogen and oxygen atoms in total. The summed E-state index contributed by atoms with van der Waals surface area (Å²) in [5.74, 6) is 3.01. The van der Waals surface area contributed by atoms with Gasteiger partial charge in [0.2, 0.25) is 0 Å². The van der Waals surface area contributed by atoms with Crippen molar-refractivity contribution in [3.63, 3.8) is 0 Å². The maximum absolute atomic E-state index is 5.47. The number of likely N-dealkylation sites (tertiary alicyclic amines) is 1. The predicted molar refractivity (Wildman–Crippen MR) is 86.0 cm³/mol. The molecule has 1 aliphatic rings. The Morgan fingerprint density at radius 2 is 2.27 bits per heavy atom. The van der Waals surface area contributed by atoms with Crippen molar-refractivity contribution in [3.8, 4) is 0 Å². The fourth-order valence-electron chi connectivity index (χ4n) is 3.21. The number of likely N-dealkylation sites (N-methyl/N-ethyl adjacent to an activating group) is 1. The molecule has 5 heteroatoms. The van der Waals surface area contributed by atoms with Crippen molar-refractivity contribution in [2.24, 2.45) is 0 Å². The second-order valence-corrected chi connectivity index (χ2v) is 6.52. The lowest BCUT2D eigenvalue weighted by atomic mass is 9.97. The first-order chi connectivity index (χ1) is 10.7. The summed E-state index contributed by atoms with van der Waals surface area (Å²) in [5.41, 5.74) is 1.02. The van der Waals surface area contributed by atoms with E-state index in [2.05, 4.69) is 52.6 Å². The van der Waals surface area contributed by atoms with Crippen LogP contribution in [-0.4, -0.2) is 39.2 Å². The van der Waals surface area contributed by atoms with Crippen molar-refractivity contribution < 1.29 is 4.52 Å². The molecule has 1 fully saturated rings. The van der Waals surface area contributed by atoms with Gasteiger partial charge in [0.25, 0.3) is 0 Å². The van der Waals surface area contributed by atoms with E-state index < -0.39 is 0 Å². The molecule has 0 bridgehead atoms. The number of rotatable bonds is 5. The number of nitrogens with zero attached hydrogens (tertiary/aromatic N) is 4. The summed E-state index contributed by atoms with van der Waals surface area (Å²) in [4.78, 5) is 7.13. The summed E-state index contributed by atoms with van der Waals surface area (Å²) in [5, 5.41) is 4.15. The summed E-state index contributed by atoms with van der Waals surface area (Å²) >= 11 is 0. The Labute approximate surface area is 132 Å². The maximum atomic E-state index is 5.47. The largest absolute Gasteiger partial charge is 0.359 e. The summed E-state index contributed by atoms with van der Waals surface area (Å²) in [6, 6.07) is 2.06. The molecule has 3 rings (SSSR count). The van der Waals surface area contributed by atoms with Gasteiger partial charge >= 0.3 is 0 Å². The van der Waals surface area contributed by atoms with Crippen molar-refractivity contribution in [1.29, 1.82) is 0 Å². The van der Waals surface area contributed by atoms with Crippen LogP contribution in [0.15, 0.2) is 23.0 Å². The molecule has 22 heavy (non-hydrogen) atoms. The van der Waals surface area contributed by atoms with E-state index in [1.165, 1.54) is 25.2 Å². The van der Waals surface area contributed by atoms with Gasteiger partial charge in [0, 0.05) is 30.9 Å². The van der Waals surface area contributed by atoms with Crippen molar-refractivity contribution in [3.05, 3.63) is 35.7 Å². The van der Waals surface area contributed by atoms with E-state index in [1.54, 1.807) is 0 Å². The highest BCUT2D eigenvalue weighted by molar-refractivity contribution is 5.11. The molecule has 1 aliphatic heterocycles. The molecule has 0 saturated carbocycles. The van der Waals surface area contributed by atoms with Gasteiger partial charge in [-0.25, -0.2) is 4.98 Å². The van der Waals surface area contributed by atoms with Crippen LogP contribution < -0.4 is 0 Å². The highest BCUT2D eigenvalue weighted by Gasteiger charge is 2.24. The van der Waals surface area contributed by atoms with Gasteiger partial charge in [0.15, 0.2) is 5.76 Å². The monoisotopic (exact) mass is 302 g/mol. The van der Waals surface area contributed by atoms with E-state index in [4.69, 9.17) is 4.52 Å². The first-order valence-electron chi connectivity index (χ1n) is 8.36. The van der Waals surface area contributed by atoms with Crippen molar-refractivity contribution in [1.82, 2.24) is 19.6 Å². The fraction of sp³-hybridized carbons (Fsp3) is 0.647. The second kappa shape index (κ2) is 6.65. The molecule has 0 N–H and O–H groups in total. The molecule has 1 saturated heterocycles. The van der Waals surface area contributed by atoms with Crippen LogP contribution >= 0.6 is 0 Å². The van der Waals surface area contributed by atoms with Gasteiger partial charge in [0.1, 0.15) is 5.82 Å². The summed E-state index contributed by atoms with van der Waals surface area (Å²) < 4.78 is 7.69. The van der Waals surface area contributed by atoms with E-state index >= 15 is 0 Å². The average Bonchev–Trinajstić information content (AvgIpc) is 3.17. The Hall–Kier alpha value is -1.62. The molecule has 0 amide bonds. The molecule has 0 aromatic carbocycles. The van der Waals surface area contributed by atoms with E-state index in [9.17, 15) is 0 Å². The van der Waals surface area contributed by atoms with Crippen molar-refractivity contribution >= 4 is 0 Å². The molecule has 2 aromatic rings. The lowest BCUT2D eigenvalue weighted by molar-refractivity contribution is 0.211. The van der Waals surface area contributed by atoms with E-state index in [0.29, 0.717) is 11.8 Å². The zero-order valence-corrected chi connectivity index (χ0v) is 13.8. The molecular weight excluding hydrogens is 276 g/mol. The second-order valence-electron chi connectivity index (χ2n) is 6.52. The number of aromatic nitrogens is 3. The summed E-state index contributed by atoms with van der Waals surface area (Å²) in [6.45, 7) is 10.7. The molecule has 0 unspecified atom stereocenters. The molecule has 2 aromatic heterocycles. The van der Waals surface area contributed by atoms with Crippen LogP contribution in [0.1, 0.15) is 62.7 Å². The Bertz CT molecular complexity index is 601. The topological polar surface area (TPSA) is 47.1 Å². The number of hydrogen-bond donors (Lipinski definition) is 0. The van der Waals surface area contributed by atoms with Crippen molar-refractivity contribution in [2.75, 3.05) is 19.6 Å². The van der Waals surface area contributed by atoms with Crippen LogP contribution in [0.2, 0.25) is 0 Å². The van der Waals surface area contributed by atoms with Gasteiger partial charge in [-0.05, 0) is 31.8 Å². The molecule has 3 heterocycles. The van der Waals surface area contributed by atoms with Crippen LogP contribution in [-0.2, 0) is 6.54 Å². The van der Waals surface area contributed by atoms with Crippen LogP contribution in [0.4, 0.5) is 0 Å². The molecule has 0 radical (unpaired) electrons.